The van der Waals surface area contributed by atoms with E-state index in [1.54, 1.807) is 6.07 Å². The Hall–Kier alpha value is -7.72. The van der Waals surface area contributed by atoms with Crippen LogP contribution in [0.25, 0.3) is 104 Å². The van der Waals surface area contributed by atoms with E-state index in [1.165, 1.54) is 30.9 Å². The van der Waals surface area contributed by atoms with Crippen LogP contribution in [0.2, 0.25) is 0 Å². The highest BCUT2D eigenvalue weighted by Gasteiger charge is 2.19. The molecule has 0 saturated heterocycles. The van der Waals surface area contributed by atoms with Crippen molar-refractivity contribution in [2.45, 2.75) is 0 Å². The molecule has 0 bridgehead atoms. The summed E-state index contributed by atoms with van der Waals surface area (Å²) < 4.78 is 4.92. The van der Waals surface area contributed by atoms with Gasteiger partial charge in [0.2, 0.25) is 0 Å². The normalized spacial score (nSPS) is 11.4. The summed E-state index contributed by atoms with van der Waals surface area (Å²) in [5, 5.41) is 14.7. The molecule has 0 N–H and O–H groups in total. The monoisotopic (exact) mass is 757 g/mol. The Labute approximate surface area is 338 Å². The number of thiophene rings is 1. The minimum Gasteiger partial charge on any atom is -0.309 e. The summed E-state index contributed by atoms with van der Waals surface area (Å²) in [6.45, 7) is 0. The lowest BCUT2D eigenvalue weighted by molar-refractivity contribution is 1.07. The molecule has 270 valence electrons. The van der Waals surface area contributed by atoms with Gasteiger partial charge in [-0.05, 0) is 59.2 Å². The number of fused-ring (bicyclic) bond motifs is 6. The molecule has 5 nitrogen and oxygen atoms in total. The van der Waals surface area contributed by atoms with E-state index >= 15 is 0 Å². The van der Waals surface area contributed by atoms with Crippen molar-refractivity contribution < 1.29 is 0 Å². The minimum atomic E-state index is 0.502. The maximum Gasteiger partial charge on any atom is 0.164 e. The van der Waals surface area contributed by atoms with Crippen LogP contribution in [0, 0.1) is 11.3 Å². The van der Waals surface area contributed by atoms with Crippen LogP contribution in [0.3, 0.4) is 0 Å². The smallest absolute Gasteiger partial charge is 0.164 e. The fourth-order valence-electron chi connectivity index (χ4n) is 8.11. The van der Waals surface area contributed by atoms with Crippen molar-refractivity contribution in [2.75, 3.05) is 0 Å². The van der Waals surface area contributed by atoms with Crippen molar-refractivity contribution >= 4 is 53.3 Å². The second-order valence-corrected chi connectivity index (χ2v) is 15.4. The molecule has 58 heavy (non-hydrogen) atoms. The molecular weight excluding hydrogens is 727 g/mol. The Morgan fingerprint density at radius 3 is 1.67 bits per heavy atom. The van der Waals surface area contributed by atoms with E-state index in [0.29, 0.717) is 23.0 Å². The Morgan fingerprint density at radius 2 is 0.948 bits per heavy atom. The Bertz CT molecular complexity index is 3360. The van der Waals surface area contributed by atoms with Gasteiger partial charge in [0.1, 0.15) is 0 Å². The van der Waals surface area contributed by atoms with Crippen molar-refractivity contribution in [3.05, 3.63) is 194 Å². The molecule has 0 amide bonds. The van der Waals surface area contributed by atoms with Gasteiger partial charge in [-0.25, -0.2) is 15.0 Å². The molecule has 11 rings (SSSR count). The van der Waals surface area contributed by atoms with E-state index in [4.69, 9.17) is 15.0 Å². The first-order valence-corrected chi connectivity index (χ1v) is 20.0. The maximum atomic E-state index is 9.78. The van der Waals surface area contributed by atoms with E-state index < -0.39 is 0 Å². The van der Waals surface area contributed by atoms with E-state index in [2.05, 4.69) is 168 Å². The van der Waals surface area contributed by atoms with E-state index in [1.807, 2.05) is 35.6 Å². The van der Waals surface area contributed by atoms with E-state index in [0.717, 1.165) is 55.7 Å². The maximum absolute atomic E-state index is 9.78. The molecule has 0 unspecified atom stereocenters. The molecule has 3 aromatic heterocycles. The zero-order chi connectivity index (χ0) is 38.6. The van der Waals surface area contributed by atoms with Gasteiger partial charge >= 0.3 is 0 Å². The zero-order valence-electron chi connectivity index (χ0n) is 31.0. The van der Waals surface area contributed by atoms with Gasteiger partial charge < -0.3 is 4.57 Å². The van der Waals surface area contributed by atoms with E-state index in [-0.39, 0.29) is 0 Å². The van der Waals surface area contributed by atoms with Crippen molar-refractivity contribution in [1.29, 1.82) is 5.26 Å². The van der Waals surface area contributed by atoms with Gasteiger partial charge in [-0.1, -0.05) is 146 Å². The van der Waals surface area contributed by atoms with Crippen molar-refractivity contribution in [3.8, 4) is 68.2 Å². The van der Waals surface area contributed by atoms with Crippen LogP contribution in [0.4, 0.5) is 0 Å². The molecule has 0 aliphatic carbocycles. The molecule has 0 fully saturated rings. The van der Waals surface area contributed by atoms with Gasteiger partial charge in [0.25, 0.3) is 0 Å². The fraction of sp³-hybridized carbons (Fsp3) is 0. The average Bonchev–Trinajstić information content (AvgIpc) is 3.84. The lowest BCUT2D eigenvalue weighted by atomic mass is 10.0. The highest BCUT2D eigenvalue weighted by atomic mass is 32.1. The topological polar surface area (TPSA) is 67.4 Å². The highest BCUT2D eigenvalue weighted by molar-refractivity contribution is 7.25. The van der Waals surface area contributed by atoms with Crippen molar-refractivity contribution in [1.82, 2.24) is 19.5 Å². The third kappa shape index (κ3) is 5.73. The summed E-state index contributed by atoms with van der Waals surface area (Å²) in [7, 11) is 0. The van der Waals surface area contributed by atoms with Crippen LogP contribution in [0.1, 0.15) is 5.56 Å². The molecule has 11 aromatic rings. The van der Waals surface area contributed by atoms with Gasteiger partial charge in [-0.3, -0.25) is 0 Å². The molecule has 0 aliphatic rings. The minimum absolute atomic E-state index is 0.502. The number of hydrogen-bond donors (Lipinski definition) is 0. The van der Waals surface area contributed by atoms with Gasteiger partial charge in [0, 0.05) is 53.2 Å². The molecule has 6 heteroatoms. The lowest BCUT2D eigenvalue weighted by Gasteiger charge is -2.16. The predicted molar refractivity (Wildman–Crippen MR) is 239 cm³/mol. The lowest BCUT2D eigenvalue weighted by Crippen LogP contribution is -2.02. The number of nitrogens with zero attached hydrogens (tertiary/aromatic N) is 5. The SMILES string of the molecule is N#Cc1cccc(-c2nc(-c3ccc(-c4ccc5c(c4)sc4ccccc45)cc3)nc(-c3ccc(-c4ccccc4)c(-n4c5ccccc5c5ccccc54)c3)n2)c1. The molecule has 0 aliphatic heterocycles. The van der Waals surface area contributed by atoms with Gasteiger partial charge in [-0.15, -0.1) is 11.3 Å². The Morgan fingerprint density at radius 1 is 0.397 bits per heavy atom. The summed E-state index contributed by atoms with van der Waals surface area (Å²) in [6, 6.07) is 67.5. The Kier molecular flexibility index (Phi) is 7.99. The Balaban J connectivity index is 1.07. The predicted octanol–water partition coefficient (Wildman–Crippen LogP) is 13.5. The molecule has 8 aromatic carbocycles. The molecule has 0 saturated carbocycles. The van der Waals surface area contributed by atoms with Gasteiger partial charge in [-0.2, -0.15) is 5.26 Å². The van der Waals surface area contributed by atoms with Crippen LogP contribution in [-0.2, 0) is 0 Å². The number of hydrogen-bond acceptors (Lipinski definition) is 5. The zero-order valence-corrected chi connectivity index (χ0v) is 31.9. The van der Waals surface area contributed by atoms with Crippen LogP contribution in [-0.4, -0.2) is 19.5 Å². The number of nitriles is 1. The first-order chi connectivity index (χ1) is 28.7. The second kappa shape index (κ2) is 13.8. The van der Waals surface area contributed by atoms with Gasteiger partial charge in [0.15, 0.2) is 17.5 Å². The summed E-state index contributed by atoms with van der Waals surface area (Å²) >= 11 is 1.82. The molecule has 0 spiro atoms. The van der Waals surface area contributed by atoms with Crippen LogP contribution < -0.4 is 0 Å². The highest BCUT2D eigenvalue weighted by Crippen LogP contribution is 2.39. The first kappa shape index (κ1) is 33.6. The third-order valence-corrected chi connectivity index (χ3v) is 12.0. The summed E-state index contributed by atoms with van der Waals surface area (Å²) in [5.41, 5.74) is 10.8. The van der Waals surface area contributed by atoms with Crippen LogP contribution in [0.5, 0.6) is 0 Å². The number of aromatic nitrogens is 4. The van der Waals surface area contributed by atoms with Crippen LogP contribution >= 0.6 is 11.3 Å². The average molecular weight is 758 g/mol. The summed E-state index contributed by atoms with van der Waals surface area (Å²) in [4.78, 5) is 15.3. The van der Waals surface area contributed by atoms with Crippen molar-refractivity contribution in [2.24, 2.45) is 0 Å². The standard InChI is InChI=1S/C52H31N5S/c53-32-33-11-10-14-38(29-33)51-54-50(36-23-21-34(22-24-36)37-25-28-44-43-17-6-9-20-48(43)58-49(44)31-37)55-52(56-51)39-26-27-40(35-12-2-1-3-13-35)47(30-39)57-45-18-7-4-15-41(45)42-16-5-8-19-46(42)57/h1-31H. The molecule has 3 heterocycles. The molecular formula is C52H31N5S. The number of rotatable bonds is 6. The number of para-hydroxylation sites is 2. The first-order valence-electron chi connectivity index (χ1n) is 19.2. The quantitative estimate of drug-likeness (QED) is 0.169. The molecule has 0 radical (unpaired) electrons. The van der Waals surface area contributed by atoms with E-state index in [9.17, 15) is 5.26 Å². The second-order valence-electron chi connectivity index (χ2n) is 14.4. The number of benzene rings is 8. The summed E-state index contributed by atoms with van der Waals surface area (Å²) in [5.74, 6) is 1.60. The van der Waals surface area contributed by atoms with Crippen LogP contribution in [0.15, 0.2) is 188 Å². The van der Waals surface area contributed by atoms with Gasteiger partial charge in [0.05, 0.1) is 28.4 Å². The van der Waals surface area contributed by atoms with Crippen molar-refractivity contribution in [3.63, 3.8) is 0 Å². The fourth-order valence-corrected chi connectivity index (χ4v) is 9.25. The summed E-state index contributed by atoms with van der Waals surface area (Å²) in [6.07, 6.45) is 0. The molecule has 0 atom stereocenters. The largest absolute Gasteiger partial charge is 0.309 e. The third-order valence-electron chi connectivity index (χ3n) is 10.9.